The molecule has 1 aromatic rings. The van der Waals surface area contributed by atoms with Gasteiger partial charge in [0, 0.05) is 18.2 Å². The molecule has 0 bridgehead atoms. The van der Waals surface area contributed by atoms with Gasteiger partial charge in [-0.1, -0.05) is 55.1 Å². The maximum Gasteiger partial charge on any atom is 0.159 e. The Hall–Kier alpha value is -2.22. The van der Waals surface area contributed by atoms with Gasteiger partial charge in [-0.3, -0.25) is 0 Å². The molecule has 2 heteroatoms. The van der Waals surface area contributed by atoms with Crippen LogP contribution in [0.4, 0.5) is 0 Å². The zero-order valence-electron chi connectivity index (χ0n) is 10.5. The van der Waals surface area contributed by atoms with E-state index >= 15 is 0 Å². The van der Waals surface area contributed by atoms with Crippen LogP contribution in [0.2, 0.25) is 0 Å². The van der Waals surface area contributed by atoms with Crippen LogP contribution < -0.4 is 0 Å². The summed E-state index contributed by atoms with van der Waals surface area (Å²) in [4.78, 5) is 8.99. The van der Waals surface area contributed by atoms with Gasteiger partial charge in [0.1, 0.15) is 0 Å². The molecule has 0 aliphatic carbocycles. The van der Waals surface area contributed by atoms with Crippen LogP contribution in [0.25, 0.3) is 0 Å². The zero-order chi connectivity index (χ0) is 12.8. The third kappa shape index (κ3) is 2.92. The molecular formula is C16H16N2. The Morgan fingerprint density at radius 1 is 1.28 bits per heavy atom. The molecule has 18 heavy (non-hydrogen) atoms. The number of allylic oxidation sites excluding steroid dienone is 4. The van der Waals surface area contributed by atoms with E-state index in [1.54, 1.807) is 0 Å². The fourth-order valence-corrected chi connectivity index (χ4v) is 1.72. The Kier molecular flexibility index (Phi) is 4.02. The van der Waals surface area contributed by atoms with E-state index in [9.17, 15) is 0 Å². The first-order chi connectivity index (χ1) is 8.81. The maximum absolute atomic E-state index is 4.62. The van der Waals surface area contributed by atoms with Crippen molar-refractivity contribution in [2.24, 2.45) is 9.98 Å². The first-order valence-corrected chi connectivity index (χ1v) is 5.99. The third-order valence-electron chi connectivity index (χ3n) is 2.62. The second kappa shape index (κ2) is 5.92. The first-order valence-electron chi connectivity index (χ1n) is 5.99. The molecule has 0 N–H and O–H groups in total. The average Bonchev–Trinajstić information content (AvgIpc) is 2.66. The van der Waals surface area contributed by atoms with Gasteiger partial charge in [0.15, 0.2) is 5.84 Å². The van der Waals surface area contributed by atoms with Crippen molar-refractivity contribution in [1.82, 2.24) is 0 Å². The van der Waals surface area contributed by atoms with Gasteiger partial charge in [0.25, 0.3) is 0 Å². The second-order valence-corrected chi connectivity index (χ2v) is 3.99. The van der Waals surface area contributed by atoms with Gasteiger partial charge in [-0.05, 0) is 12.5 Å². The number of hydrogen-bond donors (Lipinski definition) is 0. The number of aliphatic imine (C=N–C) groups is 2. The summed E-state index contributed by atoms with van der Waals surface area (Å²) in [7, 11) is 0. The molecule has 1 heterocycles. The van der Waals surface area contributed by atoms with Gasteiger partial charge < -0.3 is 0 Å². The van der Waals surface area contributed by atoms with E-state index in [-0.39, 0.29) is 0 Å². The summed E-state index contributed by atoms with van der Waals surface area (Å²) in [6, 6.07) is 9.99. The Morgan fingerprint density at radius 3 is 2.78 bits per heavy atom. The van der Waals surface area contributed by atoms with E-state index in [2.05, 4.69) is 16.6 Å². The fourth-order valence-electron chi connectivity index (χ4n) is 1.72. The molecule has 0 amide bonds. The van der Waals surface area contributed by atoms with Gasteiger partial charge >= 0.3 is 0 Å². The summed E-state index contributed by atoms with van der Waals surface area (Å²) in [6.07, 6.45) is 8.52. The molecule has 0 saturated heterocycles. The summed E-state index contributed by atoms with van der Waals surface area (Å²) in [5, 5.41) is 0. The van der Waals surface area contributed by atoms with E-state index < -0.39 is 0 Å². The molecule has 0 aromatic heterocycles. The van der Waals surface area contributed by atoms with Crippen LogP contribution in [0.5, 0.6) is 0 Å². The van der Waals surface area contributed by atoms with Gasteiger partial charge in [0.2, 0.25) is 0 Å². The molecule has 90 valence electrons. The van der Waals surface area contributed by atoms with E-state index in [1.165, 1.54) is 0 Å². The van der Waals surface area contributed by atoms with E-state index in [0.29, 0.717) is 0 Å². The minimum Gasteiger partial charge on any atom is -0.237 e. The van der Waals surface area contributed by atoms with Crippen LogP contribution >= 0.6 is 0 Å². The molecule has 2 rings (SSSR count). The largest absolute Gasteiger partial charge is 0.237 e. The molecule has 0 saturated carbocycles. The minimum atomic E-state index is 0.741. The number of nitrogens with zero attached hydrogens (tertiary/aromatic N) is 2. The highest BCUT2D eigenvalue weighted by atomic mass is 14.9. The van der Waals surface area contributed by atoms with Crippen LogP contribution in [0, 0.1) is 0 Å². The van der Waals surface area contributed by atoms with E-state index in [1.807, 2.05) is 61.7 Å². The topological polar surface area (TPSA) is 24.7 Å². The monoisotopic (exact) mass is 236 g/mol. The summed E-state index contributed by atoms with van der Waals surface area (Å²) in [5.74, 6) is 0.741. The number of amidine groups is 1. The van der Waals surface area contributed by atoms with E-state index in [0.717, 1.165) is 29.1 Å². The molecule has 1 aliphatic rings. The number of hydrogen-bond acceptors (Lipinski definition) is 2. The number of benzene rings is 1. The Labute approximate surface area is 108 Å². The Morgan fingerprint density at radius 2 is 2.06 bits per heavy atom. The minimum absolute atomic E-state index is 0.741. The van der Waals surface area contributed by atoms with Gasteiger partial charge in [-0.15, -0.1) is 0 Å². The van der Waals surface area contributed by atoms with Gasteiger partial charge in [0.05, 0.1) is 5.71 Å². The van der Waals surface area contributed by atoms with Crippen molar-refractivity contribution < 1.29 is 0 Å². The quantitative estimate of drug-likeness (QED) is 0.710. The SMILES string of the molecule is C=C(C=CC)C1=NC(c2ccccc2)=NC=CC1. The highest BCUT2D eigenvalue weighted by molar-refractivity contribution is 6.14. The highest BCUT2D eigenvalue weighted by Crippen LogP contribution is 2.11. The van der Waals surface area contributed by atoms with Crippen LogP contribution in [-0.4, -0.2) is 11.5 Å². The van der Waals surface area contributed by atoms with Crippen LogP contribution in [-0.2, 0) is 0 Å². The van der Waals surface area contributed by atoms with Gasteiger partial charge in [-0.25, -0.2) is 9.98 Å². The van der Waals surface area contributed by atoms with Crippen molar-refractivity contribution in [3.8, 4) is 0 Å². The normalized spacial score (nSPS) is 15.2. The smallest absolute Gasteiger partial charge is 0.159 e. The molecule has 0 radical (unpaired) electrons. The molecule has 0 atom stereocenters. The second-order valence-electron chi connectivity index (χ2n) is 3.99. The van der Waals surface area contributed by atoms with Crippen molar-refractivity contribution >= 4 is 11.5 Å². The molecule has 0 spiro atoms. The zero-order valence-corrected chi connectivity index (χ0v) is 10.5. The molecule has 1 aliphatic heterocycles. The highest BCUT2D eigenvalue weighted by Gasteiger charge is 2.07. The summed E-state index contributed by atoms with van der Waals surface area (Å²) >= 11 is 0. The summed E-state index contributed by atoms with van der Waals surface area (Å²) in [5.41, 5.74) is 2.92. The van der Waals surface area contributed by atoms with Gasteiger partial charge in [-0.2, -0.15) is 0 Å². The molecule has 1 aromatic carbocycles. The van der Waals surface area contributed by atoms with Crippen molar-refractivity contribution in [3.63, 3.8) is 0 Å². The Bertz CT molecular complexity index is 546. The van der Waals surface area contributed by atoms with Crippen molar-refractivity contribution in [1.29, 1.82) is 0 Å². The lowest BCUT2D eigenvalue weighted by molar-refractivity contribution is 1.44. The van der Waals surface area contributed by atoms with Crippen molar-refractivity contribution in [2.45, 2.75) is 13.3 Å². The van der Waals surface area contributed by atoms with Crippen molar-refractivity contribution in [3.05, 3.63) is 72.5 Å². The lowest BCUT2D eigenvalue weighted by Gasteiger charge is -2.04. The Balaban J connectivity index is 2.36. The maximum atomic E-state index is 4.62. The molecule has 2 nitrogen and oxygen atoms in total. The van der Waals surface area contributed by atoms with Crippen LogP contribution in [0.3, 0.4) is 0 Å². The lowest BCUT2D eigenvalue weighted by Crippen LogP contribution is -2.04. The standard InChI is InChI=1S/C16H16N2/c1-3-8-13(2)15-11-7-12-17-16(18-15)14-9-5-4-6-10-14/h3-10,12H,2,11H2,1H3. The van der Waals surface area contributed by atoms with Crippen LogP contribution in [0.1, 0.15) is 18.9 Å². The average molecular weight is 236 g/mol. The number of rotatable bonds is 3. The summed E-state index contributed by atoms with van der Waals surface area (Å²) in [6.45, 7) is 6.01. The predicted octanol–water partition coefficient (Wildman–Crippen LogP) is 3.92. The van der Waals surface area contributed by atoms with Crippen molar-refractivity contribution in [2.75, 3.05) is 0 Å². The molecule has 0 fully saturated rings. The molecule has 0 unspecified atom stereocenters. The summed E-state index contributed by atoms with van der Waals surface area (Å²) < 4.78 is 0. The van der Waals surface area contributed by atoms with E-state index in [4.69, 9.17) is 0 Å². The predicted molar refractivity (Wildman–Crippen MR) is 78.1 cm³/mol. The first kappa shape index (κ1) is 12.2. The van der Waals surface area contributed by atoms with Crippen LogP contribution in [0.15, 0.2) is 76.9 Å². The fraction of sp³-hybridized carbons (Fsp3) is 0.125. The lowest BCUT2D eigenvalue weighted by atomic mass is 10.1. The molecular weight excluding hydrogens is 220 g/mol. The third-order valence-corrected chi connectivity index (χ3v) is 2.62.